The lowest BCUT2D eigenvalue weighted by molar-refractivity contribution is -0.138. The van der Waals surface area contributed by atoms with Gasteiger partial charge in [0.2, 0.25) is 0 Å². The van der Waals surface area contributed by atoms with E-state index in [0.717, 1.165) is 16.6 Å². The Kier molecular flexibility index (Phi) is 15.3. The molecule has 2 aromatic carbocycles. The van der Waals surface area contributed by atoms with Gasteiger partial charge in [-0.05, 0) is 46.9 Å². The van der Waals surface area contributed by atoms with Crippen LogP contribution in [0.3, 0.4) is 0 Å². The molecule has 13 heteroatoms. The first kappa shape index (κ1) is 40.8. The van der Waals surface area contributed by atoms with Crippen molar-refractivity contribution < 1.29 is 27.8 Å². The number of para-hydroxylation sites is 1. The smallest absolute Gasteiger partial charge is 0.293 e. The van der Waals surface area contributed by atoms with Gasteiger partial charge in [0.25, 0.3) is 6.47 Å². The van der Waals surface area contributed by atoms with E-state index >= 15 is 8.78 Å². The molecule has 0 fully saturated rings. The molecule has 0 unspecified atom stereocenters. The fraction of sp³-hybridized carbons (Fsp3) is 0.368. The van der Waals surface area contributed by atoms with E-state index in [4.69, 9.17) is 36.1 Å². The lowest BCUT2D eigenvalue weighted by Crippen LogP contribution is -2.17. The molecule has 0 bridgehead atoms. The molecule has 1 aliphatic heterocycles. The highest BCUT2D eigenvalue weighted by molar-refractivity contribution is 6.32. The van der Waals surface area contributed by atoms with Gasteiger partial charge in [0.15, 0.2) is 5.82 Å². The van der Waals surface area contributed by atoms with Crippen molar-refractivity contribution in [3.05, 3.63) is 100 Å². The van der Waals surface area contributed by atoms with E-state index in [1.807, 2.05) is 72.9 Å². The van der Waals surface area contributed by atoms with Gasteiger partial charge in [0.1, 0.15) is 41.1 Å². The van der Waals surface area contributed by atoms with Gasteiger partial charge < -0.3 is 19.5 Å². The number of rotatable bonds is 12. The molecule has 51 heavy (non-hydrogen) atoms. The molecule has 0 atom stereocenters. The molecular formula is C38H47ClF2N6O4. The molecule has 1 N–H and O–H groups in total. The molecule has 3 heterocycles. The van der Waals surface area contributed by atoms with Crippen LogP contribution in [-0.4, -0.2) is 64.1 Å². The minimum Gasteiger partial charge on any atom is -0.491 e. The van der Waals surface area contributed by atoms with Gasteiger partial charge >= 0.3 is 0 Å². The topological polar surface area (TPSA) is 104 Å². The van der Waals surface area contributed by atoms with Gasteiger partial charge in [-0.15, -0.1) is 0 Å². The fourth-order valence-corrected chi connectivity index (χ4v) is 5.07. The first-order chi connectivity index (χ1) is 24.4. The summed E-state index contributed by atoms with van der Waals surface area (Å²) in [6.07, 6.45) is 5.20. The largest absolute Gasteiger partial charge is 0.491 e. The van der Waals surface area contributed by atoms with Crippen LogP contribution < -0.4 is 10.1 Å². The maximum absolute atomic E-state index is 15.1. The number of carbonyl (C=O) groups is 1. The van der Waals surface area contributed by atoms with Crippen LogP contribution in [0.15, 0.2) is 71.9 Å². The number of halogens is 3. The molecular weight excluding hydrogens is 678 g/mol. The third-order valence-electron chi connectivity index (χ3n) is 7.24. The second kappa shape index (κ2) is 19.1. The van der Waals surface area contributed by atoms with Gasteiger partial charge in [-0.3, -0.25) is 14.4 Å². The molecule has 0 saturated heterocycles. The van der Waals surface area contributed by atoms with E-state index in [-0.39, 0.29) is 30.1 Å². The zero-order chi connectivity index (χ0) is 37.7. The molecule has 0 radical (unpaired) electrons. The van der Waals surface area contributed by atoms with Crippen LogP contribution in [0.1, 0.15) is 58.4 Å². The number of ether oxygens (including phenoxy) is 3. The number of fused-ring (bicyclic) bond motifs is 2. The maximum atomic E-state index is 15.1. The summed E-state index contributed by atoms with van der Waals surface area (Å²) in [5.74, 6) is -0.370. The average molecular weight is 725 g/mol. The molecule has 5 rings (SSSR count). The van der Waals surface area contributed by atoms with Crippen molar-refractivity contribution in [1.82, 2.24) is 24.6 Å². The normalized spacial score (nSPS) is 13.1. The van der Waals surface area contributed by atoms with Crippen molar-refractivity contribution >= 4 is 34.8 Å². The van der Waals surface area contributed by atoms with Crippen molar-refractivity contribution in [2.45, 2.75) is 66.8 Å². The molecule has 0 spiro atoms. The molecule has 1 aliphatic rings. The summed E-state index contributed by atoms with van der Waals surface area (Å²) >= 11 is 6.46. The van der Waals surface area contributed by atoms with E-state index in [1.54, 1.807) is 22.9 Å². The second-order valence-corrected chi connectivity index (χ2v) is 12.5. The van der Waals surface area contributed by atoms with E-state index < -0.39 is 11.6 Å². The lowest BCUT2D eigenvalue weighted by Gasteiger charge is -2.14. The van der Waals surface area contributed by atoms with Crippen LogP contribution >= 0.6 is 11.6 Å². The van der Waals surface area contributed by atoms with Gasteiger partial charge in [0, 0.05) is 48.8 Å². The first-order valence-electron chi connectivity index (χ1n) is 16.6. The van der Waals surface area contributed by atoms with E-state index in [2.05, 4.69) is 21.5 Å². The molecule has 0 saturated carbocycles. The Morgan fingerprint density at radius 2 is 1.78 bits per heavy atom. The highest BCUT2D eigenvalue weighted by Gasteiger charge is 2.26. The van der Waals surface area contributed by atoms with Crippen LogP contribution in [0.5, 0.6) is 5.75 Å². The standard InChI is InChI=1S/C31H31ClF2N6O2.C5H10O2.C2H6/c1-5-9-26(23(32)6-2)35-30-22-16-39(3)18-27(22)36-31(37-30)29-20-10-7-8-11-28(20)40(38-29)17-21-24(33)14-19(15-25(21)34)42-13-12-41-4;1-5(2,3)7-4-6;1-2/h5-11,14-15H,1,12-13,16-18H2,2-4H3,(H,35,36,37);4H,1-3H3;1-2H3/b23-6+,26-9+;;. The Balaban J connectivity index is 0.000000698. The van der Waals surface area contributed by atoms with Crippen LogP contribution in [-0.2, 0) is 33.9 Å². The molecule has 10 nitrogen and oxygen atoms in total. The minimum atomic E-state index is -0.728. The van der Waals surface area contributed by atoms with Crippen LogP contribution in [0.4, 0.5) is 14.6 Å². The highest BCUT2D eigenvalue weighted by atomic mass is 35.5. The molecule has 2 aromatic heterocycles. The Hall–Kier alpha value is -4.65. The highest BCUT2D eigenvalue weighted by Crippen LogP contribution is 2.34. The van der Waals surface area contributed by atoms with Gasteiger partial charge in [-0.1, -0.05) is 62.4 Å². The monoisotopic (exact) mass is 724 g/mol. The number of allylic oxidation sites excluding steroid dienone is 4. The van der Waals surface area contributed by atoms with Crippen molar-refractivity contribution in [3.8, 4) is 17.3 Å². The Labute approximate surface area is 303 Å². The van der Waals surface area contributed by atoms with Crippen molar-refractivity contribution in [3.63, 3.8) is 0 Å². The van der Waals surface area contributed by atoms with Crippen molar-refractivity contribution in [2.24, 2.45) is 0 Å². The van der Waals surface area contributed by atoms with E-state index in [0.29, 0.717) is 59.8 Å². The number of hydrogen-bond acceptors (Lipinski definition) is 9. The quantitative estimate of drug-likeness (QED) is 0.0877. The summed E-state index contributed by atoms with van der Waals surface area (Å²) in [7, 11) is 3.53. The van der Waals surface area contributed by atoms with Gasteiger partial charge in [-0.25, -0.2) is 18.7 Å². The van der Waals surface area contributed by atoms with Crippen molar-refractivity contribution in [2.75, 3.05) is 32.7 Å². The summed E-state index contributed by atoms with van der Waals surface area (Å²) in [5.41, 5.74) is 3.20. The van der Waals surface area contributed by atoms with E-state index in [1.165, 1.54) is 19.2 Å². The number of hydrogen-bond donors (Lipinski definition) is 1. The number of nitrogens with zero attached hydrogens (tertiary/aromatic N) is 5. The predicted octanol–water partition coefficient (Wildman–Crippen LogP) is 8.40. The fourth-order valence-electron chi connectivity index (χ4n) is 4.96. The molecule has 0 amide bonds. The molecule has 4 aromatic rings. The zero-order valence-corrected chi connectivity index (χ0v) is 31.3. The first-order valence-corrected chi connectivity index (χ1v) is 16.9. The number of carbonyl (C=O) groups excluding carboxylic acids is 1. The minimum absolute atomic E-state index is 0.0937. The average Bonchev–Trinajstić information content (AvgIpc) is 3.66. The number of methoxy groups -OCH3 is 1. The SMILES string of the molecule is C=C/C=C(Nc1nc(-c2nn(Cc3c(F)cc(OCCOC)cc3F)c3ccccc23)nc2c1CN(C)C2)\C(Cl)=C/C.CC.CC(C)(C)OC=O. The van der Waals surface area contributed by atoms with Gasteiger partial charge in [-0.2, -0.15) is 5.10 Å². The number of anilines is 1. The second-order valence-electron chi connectivity index (χ2n) is 12.1. The molecule has 0 aliphatic carbocycles. The van der Waals surface area contributed by atoms with E-state index in [9.17, 15) is 4.79 Å². The third kappa shape index (κ3) is 10.9. The Morgan fingerprint density at radius 3 is 2.37 bits per heavy atom. The number of nitrogens with one attached hydrogen (secondary N) is 1. The third-order valence-corrected chi connectivity index (χ3v) is 7.66. The van der Waals surface area contributed by atoms with Crippen LogP contribution in [0, 0.1) is 11.6 Å². The van der Waals surface area contributed by atoms with Crippen molar-refractivity contribution in [1.29, 1.82) is 0 Å². The Morgan fingerprint density at radius 1 is 1.10 bits per heavy atom. The summed E-state index contributed by atoms with van der Waals surface area (Å²) in [6, 6.07) is 9.80. The summed E-state index contributed by atoms with van der Waals surface area (Å²) in [4.78, 5) is 21.5. The van der Waals surface area contributed by atoms with Crippen LogP contribution in [0.25, 0.3) is 22.4 Å². The summed E-state index contributed by atoms with van der Waals surface area (Å²) in [5, 5.41) is 9.40. The van der Waals surface area contributed by atoms with Crippen LogP contribution in [0.2, 0.25) is 0 Å². The number of aromatic nitrogens is 4. The summed E-state index contributed by atoms with van der Waals surface area (Å²) < 4.78 is 46.6. The van der Waals surface area contributed by atoms with Gasteiger partial charge in [0.05, 0.1) is 35.1 Å². The molecule has 274 valence electrons. The Bertz CT molecular complexity index is 1850. The lowest BCUT2D eigenvalue weighted by atomic mass is 10.1. The predicted molar refractivity (Wildman–Crippen MR) is 199 cm³/mol. The summed E-state index contributed by atoms with van der Waals surface area (Å²) in [6.45, 7) is 17.2. The zero-order valence-electron chi connectivity index (χ0n) is 30.5. The maximum Gasteiger partial charge on any atom is 0.293 e. The number of benzene rings is 2.